The molecule has 0 unspecified atom stereocenters. The summed E-state index contributed by atoms with van der Waals surface area (Å²) >= 11 is 0. The first kappa shape index (κ1) is 22.5. The van der Waals surface area contributed by atoms with Crippen LogP contribution < -0.4 is 0 Å². The fraction of sp³-hybridized carbons (Fsp3) is 0.219. The van der Waals surface area contributed by atoms with Gasteiger partial charge in [0.15, 0.2) is 14.7 Å². The monoisotopic (exact) mass is 460 g/mol. The third kappa shape index (κ3) is 3.56. The second kappa shape index (κ2) is 8.82. The molecule has 0 radical (unpaired) electrons. The van der Waals surface area contributed by atoms with Crippen LogP contribution in [0.15, 0.2) is 99.6 Å². The van der Waals surface area contributed by atoms with E-state index < -0.39 is 0 Å². The molecule has 34 heavy (non-hydrogen) atoms. The number of hydrogen-bond donors (Lipinski definition) is 0. The van der Waals surface area contributed by atoms with Gasteiger partial charge in [0, 0.05) is 5.41 Å². The Bertz CT molecular complexity index is 1340. The van der Waals surface area contributed by atoms with Crippen molar-refractivity contribution in [2.45, 2.75) is 60.6 Å². The summed E-state index contributed by atoms with van der Waals surface area (Å²) in [6.07, 6.45) is 2.09. The maximum Gasteiger partial charge on any atom is 0.166 e. The number of hydrogen-bond acceptors (Lipinski definition) is 1. The summed E-state index contributed by atoms with van der Waals surface area (Å²) in [5, 5.41) is 9.52. The van der Waals surface area contributed by atoms with Crippen LogP contribution in [-0.2, 0) is 16.3 Å². The summed E-state index contributed by atoms with van der Waals surface area (Å²) in [4.78, 5) is 4.04. The van der Waals surface area contributed by atoms with Gasteiger partial charge in [-0.3, -0.25) is 0 Å². The average molecular weight is 461 g/mol. The van der Waals surface area contributed by atoms with Crippen LogP contribution in [0, 0.1) is 25.2 Å². The number of nitriles is 1. The van der Waals surface area contributed by atoms with E-state index >= 15 is 0 Å². The van der Waals surface area contributed by atoms with Gasteiger partial charge >= 0.3 is 0 Å². The molecule has 0 aromatic heterocycles. The molecule has 0 N–H and O–H groups in total. The highest BCUT2D eigenvalue weighted by molar-refractivity contribution is 7.97. The van der Waals surface area contributed by atoms with E-state index in [1.165, 1.54) is 48.1 Å². The van der Waals surface area contributed by atoms with Crippen LogP contribution in [0.25, 0.3) is 11.1 Å². The molecule has 0 saturated heterocycles. The molecule has 2 heteroatoms. The van der Waals surface area contributed by atoms with Gasteiger partial charge in [-0.25, -0.2) is 0 Å². The Morgan fingerprint density at radius 2 is 1.21 bits per heavy atom. The van der Waals surface area contributed by atoms with E-state index in [0.717, 1.165) is 18.4 Å². The highest BCUT2D eigenvalue weighted by Gasteiger charge is 2.42. The van der Waals surface area contributed by atoms with Crippen molar-refractivity contribution in [1.29, 1.82) is 5.26 Å². The fourth-order valence-corrected chi connectivity index (χ4v) is 7.52. The van der Waals surface area contributed by atoms with Crippen molar-refractivity contribution >= 4 is 10.9 Å². The van der Waals surface area contributed by atoms with Crippen LogP contribution in [0.5, 0.6) is 0 Å². The molecule has 0 amide bonds. The fourth-order valence-electron chi connectivity index (χ4n) is 5.45. The van der Waals surface area contributed by atoms with Gasteiger partial charge in [-0.05, 0) is 104 Å². The van der Waals surface area contributed by atoms with Crippen molar-refractivity contribution < 1.29 is 0 Å². The van der Waals surface area contributed by atoms with Gasteiger partial charge in [-0.15, -0.1) is 0 Å². The molecule has 0 bridgehead atoms. The van der Waals surface area contributed by atoms with E-state index in [4.69, 9.17) is 0 Å². The highest BCUT2D eigenvalue weighted by atomic mass is 32.2. The van der Waals surface area contributed by atoms with Crippen LogP contribution in [0.3, 0.4) is 0 Å². The predicted molar refractivity (Wildman–Crippen MR) is 142 cm³/mol. The molecule has 168 valence electrons. The summed E-state index contributed by atoms with van der Waals surface area (Å²) < 4.78 is 0. The normalized spacial score (nSPS) is 13.4. The third-order valence-electron chi connectivity index (χ3n) is 7.42. The molecular weight excluding hydrogens is 430 g/mol. The Labute approximate surface area is 206 Å². The molecular formula is C32H30NS+. The van der Waals surface area contributed by atoms with Gasteiger partial charge in [0.25, 0.3) is 0 Å². The number of aryl methyl sites for hydroxylation is 2. The van der Waals surface area contributed by atoms with Crippen LogP contribution in [0.2, 0.25) is 0 Å². The van der Waals surface area contributed by atoms with Gasteiger partial charge in [-0.1, -0.05) is 55.3 Å². The van der Waals surface area contributed by atoms with Crippen molar-refractivity contribution in [1.82, 2.24) is 0 Å². The summed E-state index contributed by atoms with van der Waals surface area (Å²) in [5.41, 5.74) is 8.59. The molecule has 1 aliphatic carbocycles. The minimum atomic E-state index is -0.184. The second-order valence-electron chi connectivity index (χ2n) is 9.30. The first-order valence-electron chi connectivity index (χ1n) is 12.1. The molecule has 0 fully saturated rings. The van der Waals surface area contributed by atoms with Crippen LogP contribution in [0.4, 0.5) is 0 Å². The molecule has 0 heterocycles. The van der Waals surface area contributed by atoms with E-state index in [9.17, 15) is 5.26 Å². The highest BCUT2D eigenvalue weighted by Crippen LogP contribution is 2.53. The number of fused-ring (bicyclic) bond motifs is 3. The maximum absolute atomic E-state index is 9.52. The average Bonchev–Trinajstić information content (AvgIpc) is 3.15. The van der Waals surface area contributed by atoms with E-state index in [1.807, 2.05) is 6.07 Å². The Hall–Kier alpha value is -3.28. The zero-order valence-corrected chi connectivity index (χ0v) is 21.2. The quantitative estimate of drug-likeness (QED) is 0.274. The Balaban J connectivity index is 1.73. The summed E-state index contributed by atoms with van der Waals surface area (Å²) in [6, 6.07) is 33.7. The largest absolute Gasteiger partial charge is 0.192 e. The molecule has 5 rings (SSSR count). The SMILES string of the molecule is CCC1(CC)c2ccc(C#N)cc2-c2ccc([S+](c3ccc(C)cc3)c3ccc(C)cc3)cc21. The number of benzene rings is 4. The predicted octanol–water partition coefficient (Wildman–Crippen LogP) is 8.36. The van der Waals surface area contributed by atoms with E-state index in [1.54, 1.807) is 0 Å². The first-order chi connectivity index (χ1) is 16.5. The number of nitrogens with zero attached hydrogens (tertiary/aromatic N) is 1. The van der Waals surface area contributed by atoms with Gasteiger partial charge in [0.05, 0.1) is 22.5 Å². The third-order valence-corrected chi connectivity index (χ3v) is 9.63. The van der Waals surface area contributed by atoms with Crippen LogP contribution in [-0.4, -0.2) is 0 Å². The Morgan fingerprint density at radius 1 is 0.647 bits per heavy atom. The molecule has 4 aromatic carbocycles. The maximum atomic E-state index is 9.52. The second-order valence-corrected chi connectivity index (χ2v) is 11.3. The zero-order chi connectivity index (χ0) is 23.9. The lowest BCUT2D eigenvalue weighted by Crippen LogP contribution is -2.23. The minimum Gasteiger partial charge on any atom is -0.192 e. The van der Waals surface area contributed by atoms with E-state index in [2.05, 4.69) is 113 Å². The topological polar surface area (TPSA) is 23.8 Å². The molecule has 1 nitrogen and oxygen atoms in total. The summed E-state index contributed by atoms with van der Waals surface area (Å²) in [5.74, 6) is 0. The lowest BCUT2D eigenvalue weighted by atomic mass is 9.74. The standard InChI is InChI=1S/C32H30NS/c1-5-32(6-2)30-18-11-24(21-33)19-29(30)28-17-16-27(20-31(28)32)34(25-12-7-22(3)8-13-25)26-14-9-23(4)10-15-26/h7-20H,5-6H2,1-4H3/q+1. The van der Waals surface area contributed by atoms with Crippen LogP contribution in [0.1, 0.15) is 54.5 Å². The van der Waals surface area contributed by atoms with E-state index in [0.29, 0.717) is 0 Å². The molecule has 0 saturated carbocycles. The molecule has 0 atom stereocenters. The molecule has 4 aromatic rings. The number of rotatable bonds is 5. The Kier molecular flexibility index (Phi) is 5.84. The molecule has 0 aliphatic heterocycles. The van der Waals surface area contributed by atoms with Crippen molar-refractivity contribution in [2.75, 3.05) is 0 Å². The smallest absolute Gasteiger partial charge is 0.166 e. The lowest BCUT2D eigenvalue weighted by molar-refractivity contribution is 0.489. The summed E-state index contributed by atoms with van der Waals surface area (Å²) in [6.45, 7) is 8.89. The van der Waals surface area contributed by atoms with Crippen LogP contribution >= 0.6 is 0 Å². The van der Waals surface area contributed by atoms with E-state index in [-0.39, 0.29) is 16.3 Å². The van der Waals surface area contributed by atoms with Crippen molar-refractivity contribution in [3.8, 4) is 17.2 Å². The first-order valence-corrected chi connectivity index (χ1v) is 13.3. The molecule has 0 spiro atoms. The van der Waals surface area contributed by atoms with Gasteiger partial charge in [-0.2, -0.15) is 5.26 Å². The Morgan fingerprint density at radius 3 is 1.74 bits per heavy atom. The van der Waals surface area contributed by atoms with Crippen molar-refractivity contribution in [2.24, 2.45) is 0 Å². The van der Waals surface area contributed by atoms with Gasteiger partial charge in [0.1, 0.15) is 0 Å². The zero-order valence-electron chi connectivity index (χ0n) is 20.4. The van der Waals surface area contributed by atoms with Crippen molar-refractivity contribution in [3.63, 3.8) is 0 Å². The lowest BCUT2D eigenvalue weighted by Gasteiger charge is -2.29. The summed E-state index contributed by atoms with van der Waals surface area (Å²) in [7, 11) is -0.184. The minimum absolute atomic E-state index is 0.00968. The molecule has 1 aliphatic rings. The van der Waals surface area contributed by atoms with Gasteiger partial charge < -0.3 is 0 Å². The van der Waals surface area contributed by atoms with Gasteiger partial charge in [0.2, 0.25) is 0 Å². The van der Waals surface area contributed by atoms with Crippen molar-refractivity contribution in [3.05, 3.63) is 113 Å².